The summed E-state index contributed by atoms with van der Waals surface area (Å²) in [6, 6.07) is 13.7. The molecule has 1 fully saturated rings. The Morgan fingerprint density at radius 3 is 2.72 bits per heavy atom. The molecule has 2 aromatic carbocycles. The molecule has 1 aliphatic heterocycles. The number of aliphatic hydroxyl groups excluding tert-OH is 1. The van der Waals surface area contributed by atoms with Crippen LogP contribution in [0.4, 0.5) is 5.69 Å². The second-order valence-electron chi connectivity index (χ2n) is 11.8. The van der Waals surface area contributed by atoms with Gasteiger partial charge in [-0.15, -0.1) is 0 Å². The first-order valence-electron chi connectivity index (χ1n) is 16.2. The van der Waals surface area contributed by atoms with Crippen molar-refractivity contribution in [3.05, 3.63) is 93.0 Å². The van der Waals surface area contributed by atoms with E-state index < -0.39 is 6.10 Å². The fourth-order valence-corrected chi connectivity index (χ4v) is 6.21. The Bertz CT molecular complexity index is 1950. The minimum Gasteiger partial charge on any atom is -0.506 e. The van der Waals surface area contributed by atoms with Crippen LogP contribution in [-0.4, -0.2) is 61.7 Å². The summed E-state index contributed by atoms with van der Waals surface area (Å²) in [6.45, 7) is 7.23. The van der Waals surface area contributed by atoms with Gasteiger partial charge in [0, 0.05) is 73.7 Å². The number of fused-ring (bicyclic) bond motifs is 2. The highest BCUT2D eigenvalue weighted by molar-refractivity contribution is 5.95. The van der Waals surface area contributed by atoms with Gasteiger partial charge in [0.2, 0.25) is 5.56 Å². The Morgan fingerprint density at radius 2 is 1.94 bits per heavy atom. The summed E-state index contributed by atoms with van der Waals surface area (Å²) in [4.78, 5) is 32.8. The first-order chi connectivity index (χ1) is 22.9. The minimum atomic E-state index is -0.887. The third-order valence-electron chi connectivity index (χ3n) is 8.72. The lowest BCUT2D eigenvalue weighted by molar-refractivity contribution is 0.0904. The Labute approximate surface area is 272 Å². The van der Waals surface area contributed by atoms with E-state index in [9.17, 15) is 19.8 Å². The van der Waals surface area contributed by atoms with Crippen molar-refractivity contribution in [2.24, 2.45) is 0 Å². The highest BCUT2D eigenvalue weighted by Crippen LogP contribution is 2.32. The number of phenolic OH excluding ortho intramolecular Hbond substituents is 1. The molecule has 0 saturated carbocycles. The number of H-pyrrole nitrogens is 1. The summed E-state index contributed by atoms with van der Waals surface area (Å²) >= 11 is 0. The molecule has 1 aliphatic rings. The molecule has 0 radical (unpaired) electrons. The number of nitrogens with zero attached hydrogens (tertiary/aromatic N) is 3. The Kier molecular flexibility index (Phi) is 9.81. The summed E-state index contributed by atoms with van der Waals surface area (Å²) in [5.41, 5.74) is 5.66. The van der Waals surface area contributed by atoms with Gasteiger partial charge in [-0.3, -0.25) is 9.59 Å². The molecule has 12 heteroatoms. The van der Waals surface area contributed by atoms with Crippen LogP contribution in [0, 0.1) is 0 Å². The van der Waals surface area contributed by atoms with Gasteiger partial charge in [-0.25, -0.2) is 9.67 Å². The maximum absolute atomic E-state index is 13.4. The van der Waals surface area contributed by atoms with Gasteiger partial charge in [-0.05, 0) is 61.6 Å². The molecule has 3 aromatic heterocycles. The van der Waals surface area contributed by atoms with E-state index in [1.54, 1.807) is 18.2 Å². The number of carbonyl (C=O) groups is 1. The quantitative estimate of drug-likeness (QED) is 0.119. The maximum Gasteiger partial charge on any atom is 0.251 e. The Balaban J connectivity index is 1.14. The number of carbonyl (C=O) groups excluding carboxylic acids is 1. The highest BCUT2D eigenvalue weighted by Gasteiger charge is 2.22. The second kappa shape index (κ2) is 14.3. The molecule has 4 heterocycles. The van der Waals surface area contributed by atoms with Crippen molar-refractivity contribution >= 4 is 33.5 Å². The van der Waals surface area contributed by atoms with Crippen LogP contribution in [0.5, 0.6) is 5.75 Å². The molecule has 12 nitrogen and oxygen atoms in total. The molecule has 0 bridgehead atoms. The van der Waals surface area contributed by atoms with Crippen LogP contribution >= 0.6 is 0 Å². The summed E-state index contributed by atoms with van der Waals surface area (Å²) in [7, 11) is 0. The zero-order chi connectivity index (χ0) is 32.9. The van der Waals surface area contributed by atoms with E-state index in [0.29, 0.717) is 55.8 Å². The summed E-state index contributed by atoms with van der Waals surface area (Å²) in [6.07, 6.45) is 3.49. The minimum absolute atomic E-state index is 0.0566. The summed E-state index contributed by atoms with van der Waals surface area (Å²) < 4.78 is 7.48. The number of anilines is 1. The fourth-order valence-electron chi connectivity index (χ4n) is 6.21. The van der Waals surface area contributed by atoms with E-state index in [1.165, 1.54) is 12.1 Å². The molecule has 0 spiro atoms. The van der Waals surface area contributed by atoms with E-state index in [2.05, 4.69) is 33.0 Å². The van der Waals surface area contributed by atoms with E-state index in [4.69, 9.17) is 9.72 Å². The standard InChI is InChI=1S/C35H41N7O5/c1-3-28-26(32(39-23-12-14-47-15-13-23)27-19-38-42(4-2)34(27)40-28)18-37-35(46)22-7-5-6-21(16-22)17-36-20-30(44)24-8-10-29(43)33-25(24)9-11-31(45)41-33/h5-11,16,19,23,30,36,43-44H,3-4,12-15,17-18,20H2,1-2H3,(H,37,46)(H,39,40)(H,41,45)/t30-/m0/s1. The van der Waals surface area contributed by atoms with Crippen LogP contribution in [0.25, 0.3) is 21.9 Å². The topological polar surface area (TPSA) is 166 Å². The number of ether oxygens (including phenoxy) is 1. The van der Waals surface area contributed by atoms with Crippen molar-refractivity contribution < 1.29 is 19.7 Å². The van der Waals surface area contributed by atoms with Gasteiger partial charge in [0.1, 0.15) is 5.75 Å². The van der Waals surface area contributed by atoms with Gasteiger partial charge in [-0.2, -0.15) is 5.10 Å². The Hall–Kier alpha value is -4.78. The van der Waals surface area contributed by atoms with Gasteiger partial charge in [0.15, 0.2) is 5.65 Å². The van der Waals surface area contributed by atoms with Gasteiger partial charge >= 0.3 is 0 Å². The molecule has 47 heavy (non-hydrogen) atoms. The molecule has 0 aliphatic carbocycles. The number of aromatic nitrogens is 4. The van der Waals surface area contributed by atoms with Gasteiger partial charge in [-0.1, -0.05) is 25.1 Å². The second-order valence-corrected chi connectivity index (χ2v) is 11.8. The van der Waals surface area contributed by atoms with Crippen LogP contribution in [0.3, 0.4) is 0 Å². The molecule has 1 atom stereocenters. The normalized spacial score (nSPS) is 14.4. The molecule has 0 unspecified atom stereocenters. The average molecular weight is 640 g/mol. The molecule has 1 amide bonds. The predicted molar refractivity (Wildman–Crippen MR) is 181 cm³/mol. The molecule has 1 saturated heterocycles. The van der Waals surface area contributed by atoms with Crippen LogP contribution in [-0.2, 0) is 30.8 Å². The molecule has 6 rings (SSSR count). The number of pyridine rings is 2. The predicted octanol–water partition coefficient (Wildman–Crippen LogP) is 3.90. The van der Waals surface area contributed by atoms with Crippen molar-refractivity contribution in [3.63, 3.8) is 0 Å². The van der Waals surface area contributed by atoms with E-state index in [-0.39, 0.29) is 35.3 Å². The number of aryl methyl sites for hydroxylation is 2. The third-order valence-corrected chi connectivity index (χ3v) is 8.72. The van der Waals surface area contributed by atoms with Crippen LogP contribution < -0.4 is 21.5 Å². The number of phenols is 1. The van der Waals surface area contributed by atoms with Crippen molar-refractivity contribution in [2.45, 2.75) is 64.9 Å². The zero-order valence-electron chi connectivity index (χ0n) is 26.7. The molecular formula is C35H41N7O5. The number of hydrogen-bond acceptors (Lipinski definition) is 9. The van der Waals surface area contributed by atoms with E-state index >= 15 is 0 Å². The van der Waals surface area contributed by atoms with Gasteiger partial charge in [0.25, 0.3) is 5.91 Å². The molecular weight excluding hydrogens is 598 g/mol. The number of aliphatic hydroxyl groups is 1. The van der Waals surface area contributed by atoms with Crippen molar-refractivity contribution in [3.8, 4) is 5.75 Å². The lowest BCUT2D eigenvalue weighted by Crippen LogP contribution is -2.30. The number of aromatic amines is 1. The fraction of sp³-hybridized carbons (Fsp3) is 0.371. The number of benzene rings is 2. The highest BCUT2D eigenvalue weighted by atomic mass is 16.5. The lowest BCUT2D eigenvalue weighted by Gasteiger charge is -2.26. The Morgan fingerprint density at radius 1 is 1.11 bits per heavy atom. The van der Waals surface area contributed by atoms with E-state index in [1.807, 2.05) is 36.0 Å². The first kappa shape index (κ1) is 32.2. The van der Waals surface area contributed by atoms with Crippen molar-refractivity contribution in [1.82, 2.24) is 30.4 Å². The largest absolute Gasteiger partial charge is 0.506 e. The number of hydrogen-bond donors (Lipinski definition) is 6. The third kappa shape index (κ3) is 6.99. The molecule has 6 N–H and O–H groups in total. The number of rotatable bonds is 12. The lowest BCUT2D eigenvalue weighted by atomic mass is 10.0. The van der Waals surface area contributed by atoms with Gasteiger partial charge < -0.3 is 35.9 Å². The average Bonchev–Trinajstić information content (AvgIpc) is 3.51. The number of nitrogens with one attached hydrogen (secondary N) is 4. The monoisotopic (exact) mass is 639 g/mol. The van der Waals surface area contributed by atoms with Crippen LogP contribution in [0.1, 0.15) is 65.5 Å². The number of amides is 1. The van der Waals surface area contributed by atoms with Gasteiger partial charge in [0.05, 0.1) is 28.9 Å². The van der Waals surface area contributed by atoms with Crippen LogP contribution in [0.15, 0.2) is 59.5 Å². The van der Waals surface area contributed by atoms with Crippen molar-refractivity contribution in [1.29, 1.82) is 0 Å². The zero-order valence-corrected chi connectivity index (χ0v) is 26.7. The molecule has 5 aromatic rings. The number of aromatic hydroxyl groups is 1. The molecule has 246 valence electrons. The first-order valence-corrected chi connectivity index (χ1v) is 16.2. The summed E-state index contributed by atoms with van der Waals surface area (Å²) in [5, 5.41) is 37.3. The SMILES string of the molecule is CCc1nc2c(cnn2CC)c(NC2CCOCC2)c1CNC(=O)c1cccc(CNC[C@H](O)c2ccc(O)c3[nH]c(=O)ccc23)c1. The van der Waals surface area contributed by atoms with Crippen molar-refractivity contribution in [2.75, 3.05) is 25.1 Å². The smallest absolute Gasteiger partial charge is 0.251 e. The van der Waals surface area contributed by atoms with E-state index in [0.717, 1.165) is 46.4 Å². The summed E-state index contributed by atoms with van der Waals surface area (Å²) in [5.74, 6) is -0.251. The van der Waals surface area contributed by atoms with Crippen LogP contribution in [0.2, 0.25) is 0 Å². The maximum atomic E-state index is 13.4.